The van der Waals surface area contributed by atoms with E-state index in [0.29, 0.717) is 39.8 Å². The molecular weight excluding hydrogens is 498 g/mol. The minimum atomic E-state index is -0.123. The number of hydrogen-bond acceptors (Lipinski definition) is 2. The zero-order chi connectivity index (χ0) is 29.8. The van der Waals surface area contributed by atoms with Crippen LogP contribution in [0.3, 0.4) is 0 Å². The molecule has 0 unspecified atom stereocenters. The Balaban J connectivity index is 1.32. The van der Waals surface area contributed by atoms with Gasteiger partial charge in [0.1, 0.15) is 5.78 Å². The molecular formula is C39H61NO. The van der Waals surface area contributed by atoms with Crippen LogP contribution in [-0.2, 0) is 4.79 Å². The number of carbonyl (C=O) groups is 1. The molecule has 2 heteroatoms. The molecule has 10 atom stereocenters. The molecule has 4 saturated carbocycles. The Morgan fingerprint density at radius 2 is 1.61 bits per heavy atom. The fraction of sp³-hybridized carbons (Fsp3) is 0.821. The van der Waals surface area contributed by atoms with E-state index in [2.05, 4.69) is 67.2 Å². The predicted octanol–water partition coefficient (Wildman–Crippen LogP) is 9.99. The standard InChI is InChI=1S/C39H61NO/c1-10-38(26(4)41)20-13-27(14-21-38)29-16-18-35(7)31(34(29,5)6)17-19-37(9)32(35)12-11-30-33-28(25(2)3)15-22-39(33,40)24-23-36(30,37)8/h13,16,28,30-33H,2,10-12,14-15,17-24,40H2,1,3-9H3/t28-,30+,31-,32+,33+,35-,36+,37+,38-,39-/m0/s1. The molecule has 2 nitrogen and oxygen atoms in total. The normalized spacial score (nSPS) is 50.4. The van der Waals surface area contributed by atoms with Crippen LogP contribution in [0.4, 0.5) is 0 Å². The molecule has 6 aliphatic rings. The van der Waals surface area contributed by atoms with Gasteiger partial charge in [-0.2, -0.15) is 0 Å². The number of fused-ring (bicyclic) bond motifs is 7. The summed E-state index contributed by atoms with van der Waals surface area (Å²) in [5.41, 5.74) is 13.0. The lowest BCUT2D eigenvalue weighted by Gasteiger charge is -2.72. The van der Waals surface area contributed by atoms with E-state index < -0.39 is 0 Å². The molecule has 0 aromatic heterocycles. The Morgan fingerprint density at radius 3 is 2.22 bits per heavy atom. The molecule has 0 heterocycles. The molecule has 0 saturated heterocycles. The quantitative estimate of drug-likeness (QED) is 0.348. The summed E-state index contributed by atoms with van der Waals surface area (Å²) in [5.74, 6) is 3.85. The van der Waals surface area contributed by atoms with Gasteiger partial charge in [-0.3, -0.25) is 4.79 Å². The first kappa shape index (κ1) is 29.9. The van der Waals surface area contributed by atoms with Crippen molar-refractivity contribution >= 4 is 5.78 Å². The monoisotopic (exact) mass is 559 g/mol. The highest BCUT2D eigenvalue weighted by molar-refractivity contribution is 5.82. The topological polar surface area (TPSA) is 43.1 Å². The smallest absolute Gasteiger partial charge is 0.136 e. The average Bonchev–Trinajstić information content (AvgIpc) is 3.27. The highest BCUT2D eigenvalue weighted by Gasteiger charge is 2.70. The first-order chi connectivity index (χ1) is 19.1. The van der Waals surface area contributed by atoms with Gasteiger partial charge in [-0.05, 0) is 160 Å². The van der Waals surface area contributed by atoms with Crippen molar-refractivity contribution in [3.8, 4) is 0 Å². The zero-order valence-electron chi connectivity index (χ0n) is 27.9. The third-order valence-electron chi connectivity index (χ3n) is 16.1. The van der Waals surface area contributed by atoms with Crippen LogP contribution in [-0.4, -0.2) is 11.3 Å². The van der Waals surface area contributed by atoms with E-state index in [9.17, 15) is 4.79 Å². The minimum absolute atomic E-state index is 0.0357. The lowest BCUT2D eigenvalue weighted by atomic mass is 9.33. The number of allylic oxidation sites excluding steroid dienone is 5. The Hall–Kier alpha value is -1.15. The fourth-order valence-electron chi connectivity index (χ4n) is 13.4. The number of rotatable bonds is 4. The summed E-state index contributed by atoms with van der Waals surface area (Å²) >= 11 is 0. The van der Waals surface area contributed by atoms with E-state index in [1.165, 1.54) is 63.4 Å². The number of carbonyl (C=O) groups excluding carboxylic acids is 1. The first-order valence-electron chi connectivity index (χ1n) is 17.4. The van der Waals surface area contributed by atoms with E-state index in [4.69, 9.17) is 5.73 Å². The molecule has 0 aliphatic heterocycles. The van der Waals surface area contributed by atoms with Gasteiger partial charge in [0, 0.05) is 11.0 Å². The van der Waals surface area contributed by atoms with E-state index in [-0.39, 0.29) is 16.4 Å². The van der Waals surface area contributed by atoms with Gasteiger partial charge in [0.05, 0.1) is 0 Å². The summed E-state index contributed by atoms with van der Waals surface area (Å²) in [5, 5.41) is 0. The molecule has 6 aliphatic carbocycles. The Morgan fingerprint density at radius 1 is 0.878 bits per heavy atom. The van der Waals surface area contributed by atoms with Crippen molar-refractivity contribution in [3.63, 3.8) is 0 Å². The van der Waals surface area contributed by atoms with E-state index in [0.717, 1.165) is 37.5 Å². The van der Waals surface area contributed by atoms with E-state index in [1.807, 2.05) is 6.92 Å². The van der Waals surface area contributed by atoms with Crippen molar-refractivity contribution < 1.29 is 4.79 Å². The third kappa shape index (κ3) is 3.86. The Kier molecular flexibility index (Phi) is 6.87. The fourth-order valence-corrected chi connectivity index (χ4v) is 13.4. The zero-order valence-corrected chi connectivity index (χ0v) is 27.9. The Labute approximate surface area is 252 Å². The van der Waals surface area contributed by atoms with Crippen LogP contribution in [0.25, 0.3) is 0 Å². The molecule has 0 radical (unpaired) electrons. The third-order valence-corrected chi connectivity index (χ3v) is 16.1. The highest BCUT2D eigenvalue weighted by atomic mass is 16.1. The largest absolute Gasteiger partial charge is 0.325 e. The summed E-state index contributed by atoms with van der Waals surface area (Å²) in [4.78, 5) is 12.6. The van der Waals surface area contributed by atoms with Crippen molar-refractivity contribution in [2.24, 2.45) is 62.4 Å². The molecule has 228 valence electrons. The molecule has 0 aromatic rings. The maximum Gasteiger partial charge on any atom is 0.136 e. The molecule has 4 fully saturated rings. The van der Waals surface area contributed by atoms with Crippen LogP contribution in [0.1, 0.15) is 139 Å². The number of nitrogens with two attached hydrogens (primary N) is 1. The van der Waals surface area contributed by atoms with Gasteiger partial charge < -0.3 is 5.73 Å². The van der Waals surface area contributed by atoms with Crippen molar-refractivity contribution in [2.75, 3.05) is 0 Å². The molecule has 0 bridgehead atoms. The predicted molar refractivity (Wildman–Crippen MR) is 172 cm³/mol. The first-order valence-corrected chi connectivity index (χ1v) is 17.4. The molecule has 0 spiro atoms. The maximum absolute atomic E-state index is 12.6. The van der Waals surface area contributed by atoms with Crippen LogP contribution in [0.2, 0.25) is 0 Å². The van der Waals surface area contributed by atoms with Crippen LogP contribution in [0, 0.1) is 56.7 Å². The van der Waals surface area contributed by atoms with Crippen molar-refractivity contribution in [1.29, 1.82) is 0 Å². The number of hydrogen-bond donors (Lipinski definition) is 1. The van der Waals surface area contributed by atoms with Gasteiger partial charge in [-0.1, -0.05) is 65.8 Å². The van der Waals surface area contributed by atoms with Crippen LogP contribution in [0.15, 0.2) is 35.5 Å². The molecule has 41 heavy (non-hydrogen) atoms. The van der Waals surface area contributed by atoms with Gasteiger partial charge in [0.15, 0.2) is 0 Å². The molecule has 2 N–H and O–H groups in total. The van der Waals surface area contributed by atoms with Crippen LogP contribution < -0.4 is 5.73 Å². The molecule has 6 rings (SSSR count). The summed E-state index contributed by atoms with van der Waals surface area (Å²) < 4.78 is 0. The number of Topliss-reactive ketones (excluding diaryl/α,β-unsaturated/α-hetero) is 1. The van der Waals surface area contributed by atoms with Crippen LogP contribution in [0.5, 0.6) is 0 Å². The van der Waals surface area contributed by atoms with Crippen molar-refractivity contribution in [1.82, 2.24) is 0 Å². The van der Waals surface area contributed by atoms with Gasteiger partial charge in [0.2, 0.25) is 0 Å². The van der Waals surface area contributed by atoms with E-state index in [1.54, 1.807) is 11.1 Å². The van der Waals surface area contributed by atoms with Gasteiger partial charge in [-0.25, -0.2) is 0 Å². The summed E-state index contributed by atoms with van der Waals surface area (Å²) in [6.45, 7) is 24.1. The number of ketones is 1. The lowest BCUT2D eigenvalue weighted by molar-refractivity contribution is -0.219. The van der Waals surface area contributed by atoms with Gasteiger partial charge >= 0.3 is 0 Å². The second kappa shape index (κ2) is 9.42. The lowest BCUT2D eigenvalue weighted by Crippen LogP contribution is -2.67. The summed E-state index contributed by atoms with van der Waals surface area (Å²) in [6, 6.07) is 0. The maximum atomic E-state index is 12.6. The summed E-state index contributed by atoms with van der Waals surface area (Å²) in [6.07, 6.45) is 20.8. The SMILES string of the molecule is C=C(C)[C@@H]1CC[C@]2(N)CC[C@]3(C)[C@H](CC[C@@H]4[C@@]5(C)CC=C(C6=CC[C@](CC)(C(C)=O)CC6)C(C)(C)[C@@H]5CC[C@]43C)[C@@H]12. The van der Waals surface area contributed by atoms with Crippen molar-refractivity contribution in [2.45, 2.75) is 144 Å². The second-order valence-electron chi connectivity index (χ2n) is 17.6. The minimum Gasteiger partial charge on any atom is -0.325 e. The highest BCUT2D eigenvalue weighted by Crippen LogP contribution is 2.76. The Bertz CT molecular complexity index is 1190. The van der Waals surface area contributed by atoms with Gasteiger partial charge in [0.25, 0.3) is 0 Å². The second-order valence-corrected chi connectivity index (χ2v) is 17.6. The molecule has 0 aromatic carbocycles. The summed E-state index contributed by atoms with van der Waals surface area (Å²) in [7, 11) is 0. The molecule has 0 amide bonds. The average molecular weight is 560 g/mol. The van der Waals surface area contributed by atoms with Crippen molar-refractivity contribution in [3.05, 3.63) is 35.5 Å². The van der Waals surface area contributed by atoms with Crippen LogP contribution >= 0.6 is 0 Å². The van der Waals surface area contributed by atoms with Gasteiger partial charge in [-0.15, -0.1) is 0 Å². The van der Waals surface area contributed by atoms with E-state index >= 15 is 0 Å².